The molecule has 0 aromatic heterocycles. The molecule has 0 rings (SSSR count). The van der Waals surface area contributed by atoms with Gasteiger partial charge in [-0.05, 0) is 0 Å². The van der Waals surface area contributed by atoms with Gasteiger partial charge in [-0.25, -0.2) is 0 Å². The quantitative estimate of drug-likeness (QED) is 0.302. The molecule has 0 aliphatic rings. The maximum atomic E-state index is 9.63. The first-order valence-electron chi connectivity index (χ1n) is 2.09. The average Bonchev–Trinajstić information content (AvgIpc) is 1.59. The van der Waals surface area contributed by atoms with Crippen molar-refractivity contribution in [2.24, 2.45) is 5.92 Å². The van der Waals surface area contributed by atoms with Gasteiger partial charge in [-0.1, -0.05) is 0 Å². The fraction of sp³-hybridized carbons (Fsp3) is 0.250. The van der Waals surface area contributed by atoms with Crippen LogP contribution in [0.3, 0.4) is 0 Å². The van der Waals surface area contributed by atoms with Crippen molar-refractivity contribution in [1.82, 2.24) is 0 Å². The molecule has 0 aromatic carbocycles. The molecule has 0 heterocycles. The van der Waals surface area contributed by atoms with Crippen LogP contribution in [-0.4, -0.2) is 17.9 Å². The number of carboxylic acid groups (broad SMARTS) is 3. The molecule has 0 bridgehead atoms. The summed E-state index contributed by atoms with van der Waals surface area (Å²) >= 11 is 0. The summed E-state index contributed by atoms with van der Waals surface area (Å²) in [4.78, 5) is 28.9. The summed E-state index contributed by atoms with van der Waals surface area (Å²) in [5.74, 6) is -9.44. The molecule has 0 fully saturated rings. The van der Waals surface area contributed by atoms with Crippen LogP contribution in [0.1, 0.15) is 0 Å². The van der Waals surface area contributed by atoms with Gasteiger partial charge in [-0.3, -0.25) is 0 Å². The van der Waals surface area contributed by atoms with E-state index in [1.165, 1.54) is 0 Å². The number of carbonyl (C=O) groups is 3. The predicted molar refractivity (Wildman–Crippen MR) is 18.5 cm³/mol. The van der Waals surface area contributed by atoms with Crippen LogP contribution in [0.2, 0.25) is 0 Å². The molecule has 0 spiro atoms. The number of carbonyl (C=O) groups excluding carboxylic acids is 3. The largest absolute Gasteiger partial charge is 1.00 e. The van der Waals surface area contributed by atoms with Crippen molar-refractivity contribution in [1.29, 1.82) is 0 Å². The number of carboxylic acids is 3. The minimum atomic E-state index is -2.69. The topological polar surface area (TPSA) is 120 Å². The van der Waals surface area contributed by atoms with E-state index in [0.29, 0.717) is 0 Å². The summed E-state index contributed by atoms with van der Waals surface area (Å²) in [5.41, 5.74) is 0. The SMILES string of the molecule is O=C([O-])C(C(=O)[O-])C(=O)[O-].[Ag+].[Ag+].[Ag+]. The van der Waals surface area contributed by atoms with Crippen molar-refractivity contribution in [3.05, 3.63) is 0 Å². The number of hydrogen-bond donors (Lipinski definition) is 0. The summed E-state index contributed by atoms with van der Waals surface area (Å²) in [6, 6.07) is 0. The minimum absolute atomic E-state index is 0. The van der Waals surface area contributed by atoms with Gasteiger partial charge in [-0.2, -0.15) is 0 Å². The molecule has 6 nitrogen and oxygen atoms in total. The molecule has 0 radical (unpaired) electrons. The summed E-state index contributed by atoms with van der Waals surface area (Å²) in [6.07, 6.45) is 0. The van der Waals surface area contributed by atoms with Gasteiger partial charge in [0.25, 0.3) is 0 Å². The van der Waals surface area contributed by atoms with Crippen LogP contribution < -0.4 is 15.3 Å². The monoisotopic (exact) mass is 466 g/mol. The van der Waals surface area contributed by atoms with E-state index in [1.807, 2.05) is 0 Å². The Bertz CT molecular complexity index is 159. The van der Waals surface area contributed by atoms with E-state index in [1.54, 1.807) is 0 Å². The van der Waals surface area contributed by atoms with E-state index in [9.17, 15) is 29.7 Å². The van der Waals surface area contributed by atoms with Crippen LogP contribution in [0.25, 0.3) is 0 Å². The molecular formula is C4HAg3O6. The van der Waals surface area contributed by atoms with E-state index < -0.39 is 23.8 Å². The first-order valence-corrected chi connectivity index (χ1v) is 2.09. The van der Waals surface area contributed by atoms with E-state index in [-0.39, 0.29) is 67.1 Å². The molecule has 0 saturated carbocycles. The Morgan fingerprint density at radius 2 is 0.846 bits per heavy atom. The maximum Gasteiger partial charge on any atom is 1.00 e. The first kappa shape index (κ1) is 23.4. The van der Waals surface area contributed by atoms with E-state index in [4.69, 9.17) is 0 Å². The summed E-state index contributed by atoms with van der Waals surface area (Å²) in [6.45, 7) is 0. The van der Waals surface area contributed by atoms with Crippen molar-refractivity contribution in [3.8, 4) is 0 Å². The van der Waals surface area contributed by atoms with E-state index >= 15 is 0 Å². The number of hydrogen-bond acceptors (Lipinski definition) is 6. The minimum Gasteiger partial charge on any atom is -0.549 e. The third-order valence-electron chi connectivity index (χ3n) is 0.707. The molecule has 0 N–H and O–H groups in total. The number of aliphatic carboxylic acids is 3. The van der Waals surface area contributed by atoms with E-state index in [0.717, 1.165) is 0 Å². The van der Waals surface area contributed by atoms with Crippen molar-refractivity contribution >= 4 is 17.9 Å². The summed E-state index contributed by atoms with van der Waals surface area (Å²) in [5, 5.41) is 28.9. The second-order valence-corrected chi connectivity index (χ2v) is 1.39. The molecule has 0 saturated heterocycles. The average molecular weight is 469 g/mol. The molecule has 0 amide bonds. The fourth-order valence-corrected chi connectivity index (χ4v) is 0.289. The van der Waals surface area contributed by atoms with Gasteiger partial charge >= 0.3 is 67.1 Å². The Labute approximate surface area is 120 Å². The smallest absolute Gasteiger partial charge is 0.549 e. The molecule has 0 atom stereocenters. The second kappa shape index (κ2) is 10.7. The molecule has 0 aliphatic carbocycles. The summed E-state index contributed by atoms with van der Waals surface area (Å²) < 4.78 is 0. The Kier molecular flexibility index (Phi) is 19.3. The fourth-order valence-electron chi connectivity index (χ4n) is 0.289. The van der Waals surface area contributed by atoms with Gasteiger partial charge in [0.1, 0.15) is 0 Å². The zero-order chi connectivity index (χ0) is 8.31. The standard InChI is InChI=1S/C4H4O6.3Ag/c5-2(6)1(3(7)8)4(9)10;;;/h1H,(H,5,6)(H,7,8)(H,9,10);;;/q;3*+1/p-3. The van der Waals surface area contributed by atoms with Crippen molar-refractivity contribution < 1.29 is 96.8 Å². The van der Waals surface area contributed by atoms with Gasteiger partial charge in [0.15, 0.2) is 0 Å². The molecular weight excluding hydrogens is 468 g/mol. The molecule has 9 heteroatoms. The third kappa shape index (κ3) is 8.95. The van der Waals surface area contributed by atoms with Crippen LogP contribution in [0.15, 0.2) is 0 Å². The van der Waals surface area contributed by atoms with Crippen LogP contribution >= 0.6 is 0 Å². The van der Waals surface area contributed by atoms with Crippen molar-refractivity contribution in [2.45, 2.75) is 0 Å². The van der Waals surface area contributed by atoms with Gasteiger partial charge in [-0.15, -0.1) is 0 Å². The van der Waals surface area contributed by atoms with Crippen LogP contribution in [0.5, 0.6) is 0 Å². The van der Waals surface area contributed by atoms with Crippen LogP contribution in [0.4, 0.5) is 0 Å². The van der Waals surface area contributed by atoms with Crippen molar-refractivity contribution in [3.63, 3.8) is 0 Å². The number of rotatable bonds is 3. The molecule has 0 unspecified atom stereocenters. The maximum absolute atomic E-state index is 9.63. The predicted octanol–water partition coefficient (Wildman–Crippen LogP) is -5.16. The van der Waals surface area contributed by atoms with Gasteiger partial charge in [0.2, 0.25) is 0 Å². The summed E-state index contributed by atoms with van der Waals surface area (Å²) in [7, 11) is 0. The molecule has 0 aliphatic heterocycles. The first-order chi connectivity index (χ1) is 4.46. The zero-order valence-electron chi connectivity index (χ0n) is 5.43. The van der Waals surface area contributed by atoms with Gasteiger partial charge < -0.3 is 29.7 Å². The molecule has 0 aromatic rings. The third-order valence-corrected chi connectivity index (χ3v) is 0.707. The molecule has 86 valence electrons. The second-order valence-electron chi connectivity index (χ2n) is 1.39. The Balaban J connectivity index is -0.000000135. The Hall–Kier alpha value is 0.631. The zero-order valence-corrected chi connectivity index (χ0v) is 9.88. The van der Waals surface area contributed by atoms with Crippen LogP contribution in [0, 0.1) is 5.92 Å². The Morgan fingerprint density at radius 3 is 0.846 bits per heavy atom. The van der Waals surface area contributed by atoms with Gasteiger partial charge in [0, 0.05) is 0 Å². The molecule has 13 heavy (non-hydrogen) atoms. The van der Waals surface area contributed by atoms with Crippen LogP contribution in [-0.2, 0) is 81.5 Å². The Morgan fingerprint density at radius 1 is 0.692 bits per heavy atom. The van der Waals surface area contributed by atoms with Gasteiger partial charge in [0.05, 0.1) is 23.8 Å². The van der Waals surface area contributed by atoms with Crippen molar-refractivity contribution in [2.75, 3.05) is 0 Å². The normalized spacial score (nSPS) is 7.15. The van der Waals surface area contributed by atoms with E-state index in [2.05, 4.69) is 0 Å².